The number of hydrogen-bond acceptors (Lipinski definition) is 7. The van der Waals surface area contributed by atoms with E-state index in [9.17, 15) is 0 Å². The highest BCUT2D eigenvalue weighted by Gasteiger charge is 2.57. The van der Waals surface area contributed by atoms with Crippen molar-refractivity contribution in [2.75, 3.05) is 11.6 Å². The van der Waals surface area contributed by atoms with Gasteiger partial charge >= 0.3 is 0 Å². The summed E-state index contributed by atoms with van der Waals surface area (Å²) in [6.45, 7) is 9.73. The fourth-order valence-electron chi connectivity index (χ4n) is 3.90. The Hall–Kier alpha value is -0.810. The second kappa shape index (κ2) is 7.55. The van der Waals surface area contributed by atoms with E-state index in [1.165, 1.54) is 11.8 Å². The molecule has 1 unspecified atom stereocenters. The summed E-state index contributed by atoms with van der Waals surface area (Å²) in [6, 6.07) is 0.00691. The highest BCUT2D eigenvalue weighted by molar-refractivity contribution is 14.1. The topological polar surface area (TPSA) is 105 Å². The first kappa shape index (κ1) is 20.9. The Morgan fingerprint density at radius 1 is 1.33 bits per heavy atom. The summed E-state index contributed by atoms with van der Waals surface area (Å²) in [7, 11) is 0. The standard InChI is InChI=1S/C17H25IN6O2S/c1-8-11(18)14(22-15(20-8)27-6)21-10-7-9(16(2,3)23-24-19)12-13(10)26-17(4,5)25-12/h9-10,12-13H,7H2,1-6H3,(H,20,21,22)/t9-,10?,12+,13-/m0/s1. The summed E-state index contributed by atoms with van der Waals surface area (Å²) in [5.41, 5.74) is 9.36. The van der Waals surface area contributed by atoms with Gasteiger partial charge in [-0.1, -0.05) is 30.7 Å². The SMILES string of the molecule is CSc1nc(C)c(I)c(NC2C[C@H](C(C)(C)N=[N+]=[N-])[C@H]3OC(C)(C)O[C@@H]23)n1. The van der Waals surface area contributed by atoms with E-state index in [0.717, 1.165) is 26.7 Å². The van der Waals surface area contributed by atoms with Gasteiger partial charge in [-0.3, -0.25) is 0 Å². The van der Waals surface area contributed by atoms with Gasteiger partial charge in [0.25, 0.3) is 0 Å². The number of nitrogens with zero attached hydrogens (tertiary/aromatic N) is 5. The fraction of sp³-hybridized carbons (Fsp3) is 0.765. The third-order valence-corrected chi connectivity index (χ3v) is 7.01. The van der Waals surface area contributed by atoms with Crippen LogP contribution in [0.1, 0.15) is 39.8 Å². The summed E-state index contributed by atoms with van der Waals surface area (Å²) >= 11 is 3.79. The van der Waals surface area contributed by atoms with Crippen molar-refractivity contribution in [3.63, 3.8) is 0 Å². The van der Waals surface area contributed by atoms with Crippen LogP contribution in [0.3, 0.4) is 0 Å². The van der Waals surface area contributed by atoms with Gasteiger partial charge in [-0.2, -0.15) is 0 Å². The molecule has 1 aliphatic carbocycles. The maximum absolute atomic E-state index is 8.98. The van der Waals surface area contributed by atoms with E-state index in [1.807, 2.05) is 40.9 Å². The molecule has 2 heterocycles. The van der Waals surface area contributed by atoms with Gasteiger partial charge in [-0.05, 0) is 61.6 Å². The highest BCUT2D eigenvalue weighted by Crippen LogP contribution is 2.47. The quantitative estimate of drug-likeness (QED) is 0.158. The maximum Gasteiger partial charge on any atom is 0.189 e. The monoisotopic (exact) mass is 504 g/mol. The zero-order chi connectivity index (χ0) is 20.0. The minimum absolute atomic E-state index is 0.00691. The van der Waals surface area contributed by atoms with Crippen LogP contribution in [0, 0.1) is 16.4 Å². The van der Waals surface area contributed by atoms with Gasteiger partial charge in [0.05, 0.1) is 21.4 Å². The van der Waals surface area contributed by atoms with E-state index in [0.29, 0.717) is 0 Å². The first-order valence-electron chi connectivity index (χ1n) is 8.84. The number of hydrogen-bond donors (Lipinski definition) is 1. The molecule has 1 aromatic heterocycles. The minimum Gasteiger partial charge on any atom is -0.364 e. The molecule has 8 nitrogen and oxygen atoms in total. The lowest BCUT2D eigenvalue weighted by Crippen LogP contribution is -2.38. The zero-order valence-electron chi connectivity index (χ0n) is 16.4. The largest absolute Gasteiger partial charge is 0.364 e. The molecule has 1 N–H and O–H groups in total. The number of azide groups is 1. The Bertz CT molecular complexity index is 783. The van der Waals surface area contributed by atoms with Crippen molar-refractivity contribution in [1.82, 2.24) is 9.97 Å². The number of fused-ring (bicyclic) bond motifs is 1. The number of thioether (sulfide) groups is 1. The van der Waals surface area contributed by atoms with Crippen LogP contribution in [-0.4, -0.2) is 45.8 Å². The van der Waals surface area contributed by atoms with Gasteiger partial charge in [0.2, 0.25) is 0 Å². The molecule has 4 atom stereocenters. The van der Waals surface area contributed by atoms with Gasteiger partial charge in [-0.15, -0.1) is 0 Å². The van der Waals surface area contributed by atoms with Gasteiger partial charge in [0.1, 0.15) is 11.9 Å². The molecule has 0 bridgehead atoms. The number of rotatable bonds is 5. The Kier molecular flexibility index (Phi) is 5.85. The summed E-state index contributed by atoms with van der Waals surface area (Å²) in [5.74, 6) is 0.185. The van der Waals surface area contributed by atoms with Crippen molar-refractivity contribution in [2.45, 2.75) is 75.8 Å². The van der Waals surface area contributed by atoms with Gasteiger partial charge in [0.15, 0.2) is 10.9 Å². The molecule has 10 heteroatoms. The minimum atomic E-state index is -0.667. The van der Waals surface area contributed by atoms with Crippen molar-refractivity contribution in [3.05, 3.63) is 19.7 Å². The predicted octanol–water partition coefficient (Wildman–Crippen LogP) is 4.52. The third kappa shape index (κ3) is 4.14. The molecular weight excluding hydrogens is 479 g/mol. The Labute approximate surface area is 177 Å². The van der Waals surface area contributed by atoms with Gasteiger partial charge < -0.3 is 14.8 Å². The van der Waals surface area contributed by atoms with E-state index in [2.05, 4.69) is 47.9 Å². The third-order valence-electron chi connectivity index (χ3n) is 5.18. The lowest BCUT2D eigenvalue weighted by atomic mass is 9.85. The predicted molar refractivity (Wildman–Crippen MR) is 114 cm³/mol. The molecular formula is C17H25IN6O2S. The van der Waals surface area contributed by atoms with Crippen molar-refractivity contribution in [2.24, 2.45) is 11.0 Å². The smallest absolute Gasteiger partial charge is 0.189 e. The fourth-order valence-corrected chi connectivity index (χ4v) is 4.71. The number of aryl methyl sites for hydroxylation is 1. The maximum atomic E-state index is 8.98. The number of aromatic nitrogens is 2. The van der Waals surface area contributed by atoms with E-state index < -0.39 is 11.3 Å². The second-order valence-corrected chi connectivity index (χ2v) is 9.81. The van der Waals surface area contributed by atoms with Crippen LogP contribution < -0.4 is 5.32 Å². The average molecular weight is 504 g/mol. The Balaban J connectivity index is 1.92. The lowest BCUT2D eigenvalue weighted by molar-refractivity contribution is -0.159. The van der Waals surface area contributed by atoms with Crippen LogP contribution in [0.5, 0.6) is 0 Å². The molecule has 1 saturated heterocycles. The Morgan fingerprint density at radius 2 is 2.00 bits per heavy atom. The number of nitrogens with one attached hydrogen (secondary N) is 1. The molecule has 3 rings (SSSR count). The average Bonchev–Trinajstić information content (AvgIpc) is 3.05. The summed E-state index contributed by atoms with van der Waals surface area (Å²) in [6.07, 6.45) is 2.46. The van der Waals surface area contributed by atoms with Crippen LogP contribution in [0.2, 0.25) is 0 Å². The van der Waals surface area contributed by atoms with Crippen LogP contribution >= 0.6 is 34.4 Å². The number of anilines is 1. The van der Waals surface area contributed by atoms with Crippen LogP contribution in [-0.2, 0) is 9.47 Å². The molecule has 1 aliphatic heterocycles. The molecule has 1 saturated carbocycles. The number of halogens is 1. The first-order valence-corrected chi connectivity index (χ1v) is 11.1. The van der Waals surface area contributed by atoms with Crippen molar-refractivity contribution in [3.8, 4) is 0 Å². The molecule has 0 radical (unpaired) electrons. The van der Waals surface area contributed by atoms with E-state index >= 15 is 0 Å². The van der Waals surface area contributed by atoms with E-state index in [-0.39, 0.29) is 24.2 Å². The first-order chi connectivity index (χ1) is 12.6. The summed E-state index contributed by atoms with van der Waals surface area (Å²) in [5, 5.41) is 8.34. The highest BCUT2D eigenvalue weighted by atomic mass is 127. The Morgan fingerprint density at radius 3 is 2.63 bits per heavy atom. The van der Waals surface area contributed by atoms with E-state index in [4.69, 9.17) is 15.0 Å². The van der Waals surface area contributed by atoms with Crippen LogP contribution in [0.4, 0.5) is 5.82 Å². The molecule has 0 aromatic carbocycles. The van der Waals surface area contributed by atoms with Crippen molar-refractivity contribution >= 4 is 40.2 Å². The van der Waals surface area contributed by atoms with Gasteiger partial charge in [-0.25, -0.2) is 9.97 Å². The lowest BCUT2D eigenvalue weighted by Gasteiger charge is -2.31. The van der Waals surface area contributed by atoms with Crippen LogP contribution in [0.25, 0.3) is 10.4 Å². The van der Waals surface area contributed by atoms with Crippen molar-refractivity contribution < 1.29 is 9.47 Å². The molecule has 27 heavy (non-hydrogen) atoms. The van der Waals surface area contributed by atoms with Gasteiger partial charge in [0, 0.05) is 16.4 Å². The summed E-state index contributed by atoms with van der Waals surface area (Å²) in [4.78, 5) is 12.2. The molecule has 0 spiro atoms. The van der Waals surface area contributed by atoms with E-state index in [1.54, 1.807) is 0 Å². The van der Waals surface area contributed by atoms with Crippen molar-refractivity contribution in [1.29, 1.82) is 0 Å². The molecule has 1 aromatic rings. The number of ether oxygens (including phenoxy) is 2. The van der Waals surface area contributed by atoms with Crippen LogP contribution in [0.15, 0.2) is 10.3 Å². The summed E-state index contributed by atoms with van der Waals surface area (Å²) < 4.78 is 13.4. The molecule has 148 valence electrons. The normalized spacial score (nSPS) is 29.3. The zero-order valence-corrected chi connectivity index (χ0v) is 19.3. The molecule has 2 aliphatic rings. The molecule has 2 fully saturated rings. The second-order valence-electron chi connectivity index (χ2n) is 7.96. The molecule has 0 amide bonds.